The summed E-state index contributed by atoms with van der Waals surface area (Å²) in [5.74, 6) is 1.57. The van der Waals surface area contributed by atoms with Gasteiger partial charge in [-0.1, -0.05) is 6.07 Å². The number of nitrogens with one attached hydrogen (secondary N) is 1. The molecule has 0 saturated carbocycles. The van der Waals surface area contributed by atoms with Gasteiger partial charge in [-0.15, -0.1) is 23.1 Å². The van der Waals surface area contributed by atoms with Crippen LogP contribution in [0.1, 0.15) is 4.88 Å². The van der Waals surface area contributed by atoms with Gasteiger partial charge >= 0.3 is 0 Å². The zero-order chi connectivity index (χ0) is 10.5. The van der Waals surface area contributed by atoms with Crippen molar-refractivity contribution in [2.24, 2.45) is 0 Å². The number of hydrogen-bond donors (Lipinski definition) is 1. The van der Waals surface area contributed by atoms with E-state index < -0.39 is 0 Å². The number of thioether (sulfide) groups is 1. The molecule has 1 saturated heterocycles. The lowest BCUT2D eigenvalue weighted by Gasteiger charge is -2.26. The SMILES string of the molecule is O=C(CSCc1cccs1)NC1COC1. The Kier molecular flexibility index (Phi) is 4.05. The molecule has 2 rings (SSSR count). The Labute approximate surface area is 97.2 Å². The summed E-state index contributed by atoms with van der Waals surface area (Å²) in [6.07, 6.45) is 0. The highest BCUT2D eigenvalue weighted by Gasteiger charge is 2.19. The number of carbonyl (C=O) groups excluding carboxylic acids is 1. The van der Waals surface area contributed by atoms with Crippen LogP contribution >= 0.6 is 23.1 Å². The lowest BCUT2D eigenvalue weighted by Crippen LogP contribution is -2.49. The minimum atomic E-state index is 0.116. The van der Waals surface area contributed by atoms with Gasteiger partial charge in [-0.05, 0) is 11.4 Å². The highest BCUT2D eigenvalue weighted by molar-refractivity contribution is 7.99. The van der Waals surface area contributed by atoms with Crippen LogP contribution in [-0.4, -0.2) is 30.9 Å². The molecule has 1 aliphatic rings. The average Bonchev–Trinajstić information content (AvgIpc) is 2.64. The second-order valence-corrected chi connectivity index (χ2v) is 5.39. The molecule has 0 radical (unpaired) electrons. The first kappa shape index (κ1) is 11.0. The van der Waals surface area contributed by atoms with Crippen molar-refractivity contribution in [3.05, 3.63) is 22.4 Å². The van der Waals surface area contributed by atoms with Crippen molar-refractivity contribution < 1.29 is 9.53 Å². The Morgan fingerprint density at radius 3 is 3.13 bits per heavy atom. The molecule has 15 heavy (non-hydrogen) atoms. The van der Waals surface area contributed by atoms with Gasteiger partial charge in [0.2, 0.25) is 5.91 Å². The molecule has 0 aliphatic carbocycles. The lowest BCUT2D eigenvalue weighted by molar-refractivity contribution is -0.122. The third kappa shape index (κ3) is 3.52. The predicted octanol–water partition coefficient (Wildman–Crippen LogP) is 1.50. The molecule has 1 aromatic rings. The zero-order valence-electron chi connectivity index (χ0n) is 8.27. The maximum absolute atomic E-state index is 11.4. The van der Waals surface area contributed by atoms with Gasteiger partial charge in [-0.2, -0.15) is 0 Å². The van der Waals surface area contributed by atoms with E-state index in [9.17, 15) is 4.79 Å². The minimum absolute atomic E-state index is 0.116. The van der Waals surface area contributed by atoms with Gasteiger partial charge in [0, 0.05) is 10.6 Å². The Morgan fingerprint density at radius 1 is 1.67 bits per heavy atom. The van der Waals surface area contributed by atoms with Crippen molar-refractivity contribution in [2.45, 2.75) is 11.8 Å². The van der Waals surface area contributed by atoms with Crippen molar-refractivity contribution in [2.75, 3.05) is 19.0 Å². The van der Waals surface area contributed by atoms with Crippen LogP contribution in [0.5, 0.6) is 0 Å². The van der Waals surface area contributed by atoms with Gasteiger partial charge in [-0.3, -0.25) is 4.79 Å². The molecule has 1 fully saturated rings. The maximum Gasteiger partial charge on any atom is 0.230 e. The van der Waals surface area contributed by atoms with Gasteiger partial charge in [0.15, 0.2) is 0 Å². The quantitative estimate of drug-likeness (QED) is 0.851. The average molecular weight is 243 g/mol. The number of rotatable bonds is 5. The molecule has 1 N–H and O–H groups in total. The summed E-state index contributed by atoms with van der Waals surface area (Å²) in [5.41, 5.74) is 0. The Balaban J connectivity index is 1.58. The van der Waals surface area contributed by atoms with Gasteiger partial charge in [0.05, 0.1) is 25.0 Å². The van der Waals surface area contributed by atoms with E-state index in [1.54, 1.807) is 23.1 Å². The second kappa shape index (κ2) is 5.53. The van der Waals surface area contributed by atoms with E-state index in [4.69, 9.17) is 4.74 Å². The Bertz CT molecular complexity index is 309. The topological polar surface area (TPSA) is 38.3 Å². The molecule has 1 aliphatic heterocycles. The highest BCUT2D eigenvalue weighted by Crippen LogP contribution is 2.16. The van der Waals surface area contributed by atoms with Crippen LogP contribution in [-0.2, 0) is 15.3 Å². The predicted molar refractivity (Wildman–Crippen MR) is 63.2 cm³/mol. The summed E-state index contributed by atoms with van der Waals surface area (Å²) in [7, 11) is 0. The van der Waals surface area contributed by atoms with Crippen LogP contribution in [0.4, 0.5) is 0 Å². The van der Waals surface area contributed by atoms with E-state index in [-0.39, 0.29) is 11.9 Å². The second-order valence-electron chi connectivity index (χ2n) is 3.37. The molecule has 3 nitrogen and oxygen atoms in total. The molecule has 1 amide bonds. The van der Waals surface area contributed by atoms with Crippen LogP contribution in [0.3, 0.4) is 0 Å². The summed E-state index contributed by atoms with van der Waals surface area (Å²) in [6, 6.07) is 4.38. The lowest BCUT2D eigenvalue weighted by atomic mass is 10.2. The smallest absolute Gasteiger partial charge is 0.230 e. The van der Waals surface area contributed by atoms with E-state index in [1.165, 1.54) is 4.88 Å². The fourth-order valence-electron chi connectivity index (χ4n) is 1.23. The number of thiophene rings is 1. The molecule has 0 unspecified atom stereocenters. The molecular weight excluding hydrogens is 230 g/mol. The molecule has 1 aromatic heterocycles. The van der Waals surface area contributed by atoms with E-state index >= 15 is 0 Å². The first-order valence-corrected chi connectivity index (χ1v) is 6.85. The Morgan fingerprint density at radius 2 is 2.53 bits per heavy atom. The summed E-state index contributed by atoms with van der Waals surface area (Å²) in [6.45, 7) is 1.34. The van der Waals surface area contributed by atoms with Crippen molar-refractivity contribution in [3.63, 3.8) is 0 Å². The summed E-state index contributed by atoms with van der Waals surface area (Å²) in [5, 5.41) is 4.97. The normalized spacial score (nSPS) is 16.0. The van der Waals surface area contributed by atoms with Gasteiger partial charge < -0.3 is 10.1 Å². The van der Waals surface area contributed by atoms with E-state index in [1.807, 2.05) is 6.07 Å². The summed E-state index contributed by atoms with van der Waals surface area (Å²) < 4.78 is 4.98. The van der Waals surface area contributed by atoms with E-state index in [2.05, 4.69) is 16.8 Å². The summed E-state index contributed by atoms with van der Waals surface area (Å²) in [4.78, 5) is 12.7. The largest absolute Gasteiger partial charge is 0.377 e. The standard InChI is InChI=1S/C10H13NO2S2/c12-10(11-8-4-13-5-8)7-14-6-9-2-1-3-15-9/h1-3,8H,4-7H2,(H,11,12). The molecule has 0 spiro atoms. The van der Waals surface area contributed by atoms with E-state index in [0.29, 0.717) is 19.0 Å². The fourth-order valence-corrected chi connectivity index (χ4v) is 2.91. The monoisotopic (exact) mass is 243 g/mol. The molecule has 0 aromatic carbocycles. The number of hydrogen-bond acceptors (Lipinski definition) is 4. The van der Waals surface area contributed by atoms with Crippen LogP contribution in [0.25, 0.3) is 0 Å². The van der Waals surface area contributed by atoms with Crippen LogP contribution in [0.15, 0.2) is 17.5 Å². The van der Waals surface area contributed by atoms with Gasteiger partial charge in [0.1, 0.15) is 0 Å². The summed E-state index contributed by atoms with van der Waals surface area (Å²) >= 11 is 3.38. The van der Waals surface area contributed by atoms with Crippen molar-refractivity contribution in [3.8, 4) is 0 Å². The zero-order valence-corrected chi connectivity index (χ0v) is 9.90. The third-order valence-corrected chi connectivity index (χ3v) is 4.10. The highest BCUT2D eigenvalue weighted by atomic mass is 32.2. The molecule has 0 bridgehead atoms. The number of amides is 1. The minimum Gasteiger partial charge on any atom is -0.377 e. The van der Waals surface area contributed by atoms with Crippen LogP contribution in [0, 0.1) is 0 Å². The van der Waals surface area contributed by atoms with Crippen molar-refractivity contribution in [1.29, 1.82) is 0 Å². The fraction of sp³-hybridized carbons (Fsp3) is 0.500. The molecule has 0 atom stereocenters. The number of ether oxygens (including phenoxy) is 1. The van der Waals surface area contributed by atoms with E-state index in [0.717, 1.165) is 5.75 Å². The van der Waals surface area contributed by atoms with Crippen LogP contribution in [0.2, 0.25) is 0 Å². The number of carbonyl (C=O) groups is 1. The molecule has 2 heterocycles. The molecule has 82 valence electrons. The first-order chi connectivity index (χ1) is 7.34. The third-order valence-electron chi connectivity index (χ3n) is 2.06. The van der Waals surface area contributed by atoms with Crippen molar-refractivity contribution in [1.82, 2.24) is 5.32 Å². The Hall–Kier alpha value is -0.520. The van der Waals surface area contributed by atoms with Gasteiger partial charge in [0.25, 0.3) is 0 Å². The maximum atomic E-state index is 11.4. The van der Waals surface area contributed by atoms with Gasteiger partial charge in [-0.25, -0.2) is 0 Å². The first-order valence-electron chi connectivity index (χ1n) is 4.82. The van der Waals surface area contributed by atoms with Crippen LogP contribution < -0.4 is 5.32 Å². The molecule has 5 heteroatoms. The van der Waals surface area contributed by atoms with Crippen molar-refractivity contribution >= 4 is 29.0 Å². The molecular formula is C10H13NO2S2.